The molecule has 0 spiro atoms. The van der Waals surface area contributed by atoms with Crippen LogP contribution in [0.3, 0.4) is 0 Å². The van der Waals surface area contributed by atoms with Crippen molar-refractivity contribution in [3.8, 4) is 0 Å². The molecule has 2 rings (SSSR count). The molecule has 1 N–H and O–H groups in total. The molecule has 1 atom stereocenters. The lowest BCUT2D eigenvalue weighted by atomic mass is 10.1. The SMILES string of the molecule is CCN1CC(C(=O)N(C)Cc2n[nH]c(C)n2)CC1=O. The fourth-order valence-corrected chi connectivity index (χ4v) is 2.30. The van der Waals surface area contributed by atoms with E-state index in [2.05, 4.69) is 15.2 Å². The molecule has 2 heterocycles. The summed E-state index contributed by atoms with van der Waals surface area (Å²) in [6, 6.07) is 0. The van der Waals surface area contributed by atoms with Gasteiger partial charge in [-0.3, -0.25) is 14.7 Å². The Hall–Kier alpha value is -1.92. The molecule has 0 aliphatic carbocycles. The fourth-order valence-electron chi connectivity index (χ4n) is 2.30. The van der Waals surface area contributed by atoms with E-state index in [0.29, 0.717) is 31.9 Å². The lowest BCUT2D eigenvalue weighted by Crippen LogP contribution is -2.34. The van der Waals surface area contributed by atoms with Crippen LogP contribution in [0.25, 0.3) is 0 Å². The maximum absolute atomic E-state index is 12.2. The van der Waals surface area contributed by atoms with Crippen LogP contribution in [0.5, 0.6) is 0 Å². The number of carbonyl (C=O) groups excluding carboxylic acids is 2. The summed E-state index contributed by atoms with van der Waals surface area (Å²) >= 11 is 0. The van der Waals surface area contributed by atoms with Crippen molar-refractivity contribution in [3.63, 3.8) is 0 Å². The highest BCUT2D eigenvalue weighted by Gasteiger charge is 2.34. The van der Waals surface area contributed by atoms with Crippen LogP contribution in [0.2, 0.25) is 0 Å². The second-order valence-corrected chi connectivity index (χ2v) is 4.86. The summed E-state index contributed by atoms with van der Waals surface area (Å²) in [7, 11) is 1.72. The van der Waals surface area contributed by atoms with Gasteiger partial charge in [0.2, 0.25) is 11.8 Å². The van der Waals surface area contributed by atoms with Gasteiger partial charge in [-0.1, -0.05) is 0 Å². The van der Waals surface area contributed by atoms with Crippen LogP contribution < -0.4 is 0 Å². The number of hydrogen-bond donors (Lipinski definition) is 1. The lowest BCUT2D eigenvalue weighted by molar-refractivity contribution is -0.135. The molecule has 7 heteroatoms. The number of likely N-dealkylation sites (tertiary alicyclic amines) is 1. The van der Waals surface area contributed by atoms with Crippen LogP contribution in [-0.2, 0) is 16.1 Å². The highest BCUT2D eigenvalue weighted by atomic mass is 16.2. The maximum atomic E-state index is 12.2. The number of H-pyrrole nitrogens is 1. The van der Waals surface area contributed by atoms with E-state index in [-0.39, 0.29) is 17.7 Å². The molecule has 1 unspecified atom stereocenters. The number of aryl methyl sites for hydroxylation is 1. The fraction of sp³-hybridized carbons (Fsp3) is 0.667. The summed E-state index contributed by atoms with van der Waals surface area (Å²) in [5, 5.41) is 6.75. The average molecular weight is 265 g/mol. The molecule has 0 saturated carbocycles. The summed E-state index contributed by atoms with van der Waals surface area (Å²) in [5.41, 5.74) is 0. The molecule has 0 radical (unpaired) electrons. The third-order valence-corrected chi connectivity index (χ3v) is 3.34. The summed E-state index contributed by atoms with van der Waals surface area (Å²) in [6.07, 6.45) is 0.310. The highest BCUT2D eigenvalue weighted by Crippen LogP contribution is 2.19. The van der Waals surface area contributed by atoms with Crippen molar-refractivity contribution < 1.29 is 9.59 Å². The van der Waals surface area contributed by atoms with E-state index in [0.717, 1.165) is 5.82 Å². The number of amides is 2. The molecular formula is C12H19N5O2. The van der Waals surface area contributed by atoms with Gasteiger partial charge < -0.3 is 9.80 Å². The van der Waals surface area contributed by atoms with E-state index in [9.17, 15) is 9.59 Å². The van der Waals surface area contributed by atoms with E-state index < -0.39 is 0 Å². The van der Waals surface area contributed by atoms with Gasteiger partial charge in [0.1, 0.15) is 5.82 Å². The van der Waals surface area contributed by atoms with E-state index in [1.807, 2.05) is 13.8 Å². The molecule has 1 aromatic heterocycles. The van der Waals surface area contributed by atoms with Gasteiger partial charge in [0.15, 0.2) is 5.82 Å². The van der Waals surface area contributed by atoms with Crippen molar-refractivity contribution in [2.75, 3.05) is 20.1 Å². The zero-order valence-corrected chi connectivity index (χ0v) is 11.5. The lowest BCUT2D eigenvalue weighted by Gasteiger charge is -2.19. The molecule has 1 aromatic rings. The van der Waals surface area contributed by atoms with Gasteiger partial charge in [0.05, 0.1) is 12.5 Å². The number of nitrogens with zero attached hydrogens (tertiary/aromatic N) is 4. The first-order chi connectivity index (χ1) is 9.01. The van der Waals surface area contributed by atoms with Crippen LogP contribution in [0.1, 0.15) is 25.0 Å². The number of rotatable bonds is 4. The molecule has 2 amide bonds. The molecule has 19 heavy (non-hydrogen) atoms. The minimum atomic E-state index is -0.238. The molecule has 7 nitrogen and oxygen atoms in total. The first-order valence-corrected chi connectivity index (χ1v) is 6.42. The molecule has 1 aliphatic rings. The Labute approximate surface area is 112 Å². The summed E-state index contributed by atoms with van der Waals surface area (Å²) in [6.45, 7) is 5.27. The smallest absolute Gasteiger partial charge is 0.228 e. The Balaban J connectivity index is 1.94. The number of nitrogens with one attached hydrogen (secondary N) is 1. The Morgan fingerprint density at radius 3 is 2.84 bits per heavy atom. The van der Waals surface area contributed by atoms with Gasteiger partial charge in [-0.15, -0.1) is 0 Å². The number of aromatic nitrogens is 3. The second-order valence-electron chi connectivity index (χ2n) is 4.86. The van der Waals surface area contributed by atoms with Crippen molar-refractivity contribution in [1.82, 2.24) is 25.0 Å². The quantitative estimate of drug-likeness (QED) is 0.827. The predicted octanol–water partition coefficient (Wildman–Crippen LogP) is -0.0601. The normalized spacial score (nSPS) is 19.0. The van der Waals surface area contributed by atoms with Crippen molar-refractivity contribution in [3.05, 3.63) is 11.6 Å². The van der Waals surface area contributed by atoms with Gasteiger partial charge in [-0.2, -0.15) is 5.10 Å². The van der Waals surface area contributed by atoms with Gasteiger partial charge in [0, 0.05) is 26.6 Å². The van der Waals surface area contributed by atoms with Crippen LogP contribution >= 0.6 is 0 Å². The first-order valence-electron chi connectivity index (χ1n) is 6.42. The highest BCUT2D eigenvalue weighted by molar-refractivity contribution is 5.89. The number of aromatic amines is 1. The summed E-state index contributed by atoms with van der Waals surface area (Å²) < 4.78 is 0. The van der Waals surface area contributed by atoms with Crippen molar-refractivity contribution in [1.29, 1.82) is 0 Å². The third-order valence-electron chi connectivity index (χ3n) is 3.34. The standard InChI is InChI=1S/C12H19N5O2/c1-4-17-6-9(5-11(17)18)12(19)16(3)7-10-13-8(2)14-15-10/h9H,4-7H2,1-3H3,(H,13,14,15). The number of carbonyl (C=O) groups is 2. The summed E-state index contributed by atoms with van der Waals surface area (Å²) in [5.74, 6) is 1.11. The van der Waals surface area contributed by atoms with Crippen molar-refractivity contribution in [2.45, 2.75) is 26.8 Å². The zero-order chi connectivity index (χ0) is 14.0. The molecule has 0 bridgehead atoms. The molecule has 1 fully saturated rings. The van der Waals surface area contributed by atoms with E-state index in [1.165, 1.54) is 0 Å². The van der Waals surface area contributed by atoms with Gasteiger partial charge in [-0.25, -0.2) is 4.98 Å². The Kier molecular flexibility index (Phi) is 3.82. The van der Waals surface area contributed by atoms with E-state index in [4.69, 9.17) is 0 Å². The van der Waals surface area contributed by atoms with Crippen molar-refractivity contribution in [2.24, 2.45) is 5.92 Å². The van der Waals surface area contributed by atoms with Crippen LogP contribution in [0.4, 0.5) is 0 Å². The number of hydrogen-bond acceptors (Lipinski definition) is 4. The first kappa shape index (κ1) is 13.5. The topological polar surface area (TPSA) is 82.2 Å². The molecule has 104 valence electrons. The monoisotopic (exact) mass is 265 g/mol. The zero-order valence-electron chi connectivity index (χ0n) is 11.5. The van der Waals surface area contributed by atoms with Crippen LogP contribution in [0.15, 0.2) is 0 Å². The Bertz CT molecular complexity index is 484. The largest absolute Gasteiger partial charge is 0.342 e. The van der Waals surface area contributed by atoms with Gasteiger partial charge in [-0.05, 0) is 13.8 Å². The summed E-state index contributed by atoms with van der Waals surface area (Å²) in [4.78, 5) is 31.3. The maximum Gasteiger partial charge on any atom is 0.228 e. The second kappa shape index (κ2) is 5.38. The van der Waals surface area contributed by atoms with Crippen LogP contribution in [0, 0.1) is 12.8 Å². The predicted molar refractivity (Wildman–Crippen MR) is 68.0 cm³/mol. The molecular weight excluding hydrogens is 246 g/mol. The van der Waals surface area contributed by atoms with E-state index >= 15 is 0 Å². The molecule has 1 aliphatic heterocycles. The van der Waals surface area contributed by atoms with Crippen molar-refractivity contribution >= 4 is 11.8 Å². The molecule has 1 saturated heterocycles. The minimum Gasteiger partial charge on any atom is -0.342 e. The van der Waals surface area contributed by atoms with E-state index in [1.54, 1.807) is 16.8 Å². The van der Waals surface area contributed by atoms with Crippen LogP contribution in [-0.4, -0.2) is 56.9 Å². The third kappa shape index (κ3) is 2.91. The molecule has 0 aromatic carbocycles. The average Bonchev–Trinajstić information content (AvgIpc) is 2.94. The van der Waals surface area contributed by atoms with Gasteiger partial charge >= 0.3 is 0 Å². The Morgan fingerprint density at radius 2 is 2.32 bits per heavy atom. The minimum absolute atomic E-state index is 0.0215. The van der Waals surface area contributed by atoms with Gasteiger partial charge in [0.25, 0.3) is 0 Å². The Morgan fingerprint density at radius 1 is 1.58 bits per heavy atom.